The lowest BCUT2D eigenvalue weighted by Gasteiger charge is -2.08. The van der Waals surface area contributed by atoms with Gasteiger partial charge in [-0.15, -0.1) is 0 Å². The molecule has 0 aliphatic carbocycles. The van der Waals surface area contributed by atoms with Crippen LogP contribution in [0.5, 0.6) is 5.75 Å². The van der Waals surface area contributed by atoms with Gasteiger partial charge in [0, 0.05) is 18.0 Å². The van der Waals surface area contributed by atoms with E-state index in [0.29, 0.717) is 5.75 Å². The number of aromatic nitrogens is 2. The minimum absolute atomic E-state index is 0.163. The van der Waals surface area contributed by atoms with E-state index in [-0.39, 0.29) is 23.3 Å². The van der Waals surface area contributed by atoms with E-state index in [1.807, 2.05) is 18.2 Å². The summed E-state index contributed by atoms with van der Waals surface area (Å²) in [5.74, 6) is 0.693. The molecule has 2 aromatic rings. The van der Waals surface area contributed by atoms with E-state index in [9.17, 15) is 4.79 Å². The Balaban J connectivity index is 2.08. The minimum atomic E-state index is -0.230. The van der Waals surface area contributed by atoms with E-state index >= 15 is 0 Å². The molecular weight excluding hydrogens is 266 g/mol. The first-order chi connectivity index (χ1) is 9.20. The van der Waals surface area contributed by atoms with Crippen molar-refractivity contribution in [2.75, 3.05) is 12.4 Å². The van der Waals surface area contributed by atoms with Gasteiger partial charge in [-0.3, -0.25) is 4.79 Å². The Kier molecular flexibility index (Phi) is 4.30. The molecule has 0 bridgehead atoms. The highest BCUT2D eigenvalue weighted by atomic mass is 35.5. The topological polar surface area (TPSA) is 64.1 Å². The Morgan fingerprint density at radius 3 is 2.79 bits per heavy atom. The first kappa shape index (κ1) is 13.3. The number of rotatable bonds is 4. The van der Waals surface area contributed by atoms with Gasteiger partial charge in [0.15, 0.2) is 11.0 Å². The van der Waals surface area contributed by atoms with Crippen LogP contribution in [0.25, 0.3) is 0 Å². The van der Waals surface area contributed by atoms with Gasteiger partial charge in [0.2, 0.25) is 5.91 Å². The van der Waals surface area contributed by atoms with Gasteiger partial charge < -0.3 is 10.1 Å². The van der Waals surface area contributed by atoms with Crippen LogP contribution in [0.1, 0.15) is 5.56 Å². The third-order valence-corrected chi connectivity index (χ3v) is 2.73. The lowest BCUT2D eigenvalue weighted by Crippen LogP contribution is -2.16. The third kappa shape index (κ3) is 3.42. The molecule has 0 saturated carbocycles. The van der Waals surface area contributed by atoms with E-state index in [4.69, 9.17) is 16.3 Å². The van der Waals surface area contributed by atoms with Gasteiger partial charge in [-0.05, 0) is 6.07 Å². The van der Waals surface area contributed by atoms with E-state index in [2.05, 4.69) is 15.3 Å². The van der Waals surface area contributed by atoms with Crippen LogP contribution in [0, 0.1) is 0 Å². The van der Waals surface area contributed by atoms with Gasteiger partial charge >= 0.3 is 0 Å². The second-order valence-corrected chi connectivity index (χ2v) is 4.09. The molecule has 1 amide bonds. The van der Waals surface area contributed by atoms with Gasteiger partial charge in [-0.25, -0.2) is 9.97 Å². The summed E-state index contributed by atoms with van der Waals surface area (Å²) in [5.41, 5.74) is 0.794. The summed E-state index contributed by atoms with van der Waals surface area (Å²) in [4.78, 5) is 19.7. The van der Waals surface area contributed by atoms with Crippen LogP contribution in [0.4, 0.5) is 5.82 Å². The first-order valence-corrected chi connectivity index (χ1v) is 5.96. The quantitative estimate of drug-likeness (QED) is 0.931. The van der Waals surface area contributed by atoms with Crippen LogP contribution in [-0.4, -0.2) is 23.0 Å². The van der Waals surface area contributed by atoms with Crippen molar-refractivity contribution in [1.82, 2.24) is 9.97 Å². The standard InChI is InChI=1S/C13H12ClN3O2/c1-19-10-5-3-2-4-9(10)8-11(18)17-13-12(14)15-6-7-16-13/h2-7H,8H2,1H3,(H,16,17,18). The number of amides is 1. The van der Waals surface area contributed by atoms with Crippen LogP contribution < -0.4 is 10.1 Å². The molecular formula is C13H12ClN3O2. The molecule has 2 rings (SSSR count). The highest BCUT2D eigenvalue weighted by molar-refractivity contribution is 6.32. The zero-order valence-electron chi connectivity index (χ0n) is 10.3. The Bertz CT molecular complexity index is 590. The lowest BCUT2D eigenvalue weighted by atomic mass is 10.1. The maximum absolute atomic E-state index is 11.9. The van der Waals surface area contributed by atoms with Crippen molar-refractivity contribution in [2.24, 2.45) is 0 Å². The van der Waals surface area contributed by atoms with E-state index in [1.165, 1.54) is 12.4 Å². The van der Waals surface area contributed by atoms with Crippen LogP contribution in [0.2, 0.25) is 5.15 Å². The monoisotopic (exact) mass is 277 g/mol. The summed E-state index contributed by atoms with van der Waals surface area (Å²) in [7, 11) is 1.57. The zero-order chi connectivity index (χ0) is 13.7. The molecule has 5 nitrogen and oxygen atoms in total. The fourth-order valence-corrected chi connectivity index (χ4v) is 1.76. The minimum Gasteiger partial charge on any atom is -0.496 e. The van der Waals surface area contributed by atoms with Gasteiger partial charge in [0.1, 0.15) is 5.75 Å². The molecule has 0 aliphatic heterocycles. The number of para-hydroxylation sites is 1. The van der Waals surface area contributed by atoms with Crippen LogP contribution in [-0.2, 0) is 11.2 Å². The molecule has 1 aromatic heterocycles. The predicted octanol–water partition coefficient (Wildman–Crippen LogP) is 2.32. The molecule has 0 atom stereocenters. The van der Waals surface area contributed by atoms with Crippen molar-refractivity contribution in [3.05, 3.63) is 47.4 Å². The maximum Gasteiger partial charge on any atom is 0.230 e. The van der Waals surface area contributed by atoms with Crippen molar-refractivity contribution in [1.29, 1.82) is 0 Å². The number of methoxy groups -OCH3 is 1. The average molecular weight is 278 g/mol. The van der Waals surface area contributed by atoms with Gasteiger partial charge in [-0.1, -0.05) is 29.8 Å². The van der Waals surface area contributed by atoms with E-state index < -0.39 is 0 Å². The Labute approximate surface area is 115 Å². The number of carbonyl (C=O) groups is 1. The van der Waals surface area contributed by atoms with Crippen molar-refractivity contribution >= 4 is 23.3 Å². The normalized spacial score (nSPS) is 10.0. The van der Waals surface area contributed by atoms with Crippen molar-refractivity contribution in [2.45, 2.75) is 6.42 Å². The molecule has 0 spiro atoms. The van der Waals surface area contributed by atoms with Crippen LogP contribution in [0.15, 0.2) is 36.7 Å². The Morgan fingerprint density at radius 1 is 1.32 bits per heavy atom. The summed E-state index contributed by atoms with van der Waals surface area (Å²) in [6.07, 6.45) is 3.10. The average Bonchev–Trinajstić information content (AvgIpc) is 2.42. The van der Waals surface area contributed by atoms with Gasteiger partial charge in [0.05, 0.1) is 13.5 Å². The van der Waals surface area contributed by atoms with Crippen LogP contribution >= 0.6 is 11.6 Å². The Hall–Kier alpha value is -2.14. The number of benzene rings is 1. The number of hydrogen-bond donors (Lipinski definition) is 1. The number of halogens is 1. The number of nitrogens with one attached hydrogen (secondary N) is 1. The molecule has 0 unspecified atom stereocenters. The molecule has 0 radical (unpaired) electrons. The molecule has 98 valence electrons. The number of ether oxygens (including phenoxy) is 1. The molecule has 0 fully saturated rings. The highest BCUT2D eigenvalue weighted by Gasteiger charge is 2.11. The molecule has 1 heterocycles. The molecule has 19 heavy (non-hydrogen) atoms. The summed E-state index contributed by atoms with van der Waals surface area (Å²) < 4.78 is 5.19. The fraction of sp³-hybridized carbons (Fsp3) is 0.154. The smallest absolute Gasteiger partial charge is 0.230 e. The first-order valence-electron chi connectivity index (χ1n) is 5.59. The van der Waals surface area contributed by atoms with Gasteiger partial charge in [-0.2, -0.15) is 0 Å². The SMILES string of the molecule is COc1ccccc1CC(=O)Nc1nccnc1Cl. The van der Waals surface area contributed by atoms with Gasteiger partial charge in [0.25, 0.3) is 0 Å². The molecule has 1 N–H and O–H groups in total. The number of hydrogen-bond acceptors (Lipinski definition) is 4. The lowest BCUT2D eigenvalue weighted by molar-refractivity contribution is -0.115. The number of anilines is 1. The molecule has 6 heteroatoms. The summed E-state index contributed by atoms with van der Waals surface area (Å²) in [5, 5.41) is 2.77. The van der Waals surface area contributed by atoms with Crippen molar-refractivity contribution < 1.29 is 9.53 Å². The highest BCUT2D eigenvalue weighted by Crippen LogP contribution is 2.19. The predicted molar refractivity (Wildman–Crippen MR) is 72.4 cm³/mol. The van der Waals surface area contributed by atoms with E-state index in [0.717, 1.165) is 5.56 Å². The molecule has 1 aromatic carbocycles. The van der Waals surface area contributed by atoms with Crippen LogP contribution in [0.3, 0.4) is 0 Å². The largest absolute Gasteiger partial charge is 0.496 e. The second-order valence-electron chi connectivity index (χ2n) is 3.73. The summed E-state index contributed by atoms with van der Waals surface area (Å²) >= 11 is 5.82. The zero-order valence-corrected chi connectivity index (χ0v) is 11.0. The maximum atomic E-state index is 11.9. The summed E-state index contributed by atoms with van der Waals surface area (Å²) in [6, 6.07) is 7.33. The number of nitrogens with zero attached hydrogens (tertiary/aromatic N) is 2. The molecule has 0 aliphatic rings. The number of carbonyl (C=O) groups excluding carboxylic acids is 1. The third-order valence-electron chi connectivity index (χ3n) is 2.45. The van der Waals surface area contributed by atoms with Crippen molar-refractivity contribution in [3.8, 4) is 5.75 Å². The summed E-state index contributed by atoms with van der Waals surface area (Å²) in [6.45, 7) is 0. The van der Waals surface area contributed by atoms with E-state index in [1.54, 1.807) is 13.2 Å². The Morgan fingerprint density at radius 2 is 2.05 bits per heavy atom. The second kappa shape index (κ2) is 6.15. The molecule has 0 saturated heterocycles. The fourth-order valence-electron chi connectivity index (χ4n) is 1.60. The van der Waals surface area contributed by atoms with Crippen molar-refractivity contribution in [3.63, 3.8) is 0 Å².